The van der Waals surface area contributed by atoms with Crippen molar-refractivity contribution >= 4 is 28.8 Å². The summed E-state index contributed by atoms with van der Waals surface area (Å²) in [7, 11) is 0.101. The van der Waals surface area contributed by atoms with Crippen molar-refractivity contribution in [3.63, 3.8) is 0 Å². The number of hydrogen-bond acceptors (Lipinski definition) is 1. The maximum Gasteiger partial charge on any atom is 0.115 e. The molecule has 0 aliphatic rings. The summed E-state index contributed by atoms with van der Waals surface area (Å²) < 4.78 is 0. The molecule has 0 aromatic heterocycles. The molecule has 0 aliphatic heterocycles. The fraction of sp³-hybridized carbons (Fsp3) is 0.455. The molecule has 0 radical (unpaired) electrons. The molecule has 0 bridgehead atoms. The van der Waals surface area contributed by atoms with Crippen molar-refractivity contribution in [2.75, 3.05) is 0 Å². The SMILES string of the molecule is CCCCCCCc1ccc(-c2ccc(O)cc2CCC[SiH2]I)cc1. The number of aromatic hydroxyl groups is 1. The first-order chi connectivity index (χ1) is 12.2. The first kappa shape index (κ1) is 20.5. The van der Waals surface area contributed by atoms with Crippen LogP contribution >= 0.6 is 21.8 Å². The van der Waals surface area contributed by atoms with Gasteiger partial charge in [0.15, 0.2) is 0 Å². The molecule has 2 rings (SSSR count). The largest absolute Gasteiger partial charge is 0.508 e. The molecule has 2 aromatic carbocycles. The van der Waals surface area contributed by atoms with Crippen molar-refractivity contribution in [2.45, 2.75) is 64.3 Å². The van der Waals surface area contributed by atoms with Crippen LogP contribution in [0.3, 0.4) is 0 Å². The van der Waals surface area contributed by atoms with Gasteiger partial charge in [0, 0.05) is 0 Å². The van der Waals surface area contributed by atoms with Crippen LogP contribution in [0.2, 0.25) is 6.04 Å². The molecule has 0 unspecified atom stereocenters. The van der Waals surface area contributed by atoms with Crippen LogP contribution in [0.15, 0.2) is 42.5 Å². The van der Waals surface area contributed by atoms with E-state index in [2.05, 4.69) is 59.1 Å². The summed E-state index contributed by atoms with van der Waals surface area (Å²) in [5.41, 5.74) is 5.28. The van der Waals surface area contributed by atoms with Gasteiger partial charge in [0.2, 0.25) is 0 Å². The molecule has 25 heavy (non-hydrogen) atoms. The summed E-state index contributed by atoms with van der Waals surface area (Å²) in [5.74, 6) is 0.383. The Bertz CT molecular complexity index is 624. The molecule has 2 aromatic rings. The van der Waals surface area contributed by atoms with Gasteiger partial charge in [-0.15, -0.1) is 21.8 Å². The van der Waals surface area contributed by atoms with Crippen molar-refractivity contribution in [1.29, 1.82) is 0 Å². The minimum atomic E-state index is 0.101. The maximum atomic E-state index is 9.85. The second-order valence-corrected chi connectivity index (χ2v) is 11.2. The van der Waals surface area contributed by atoms with E-state index in [0.29, 0.717) is 5.75 Å². The summed E-state index contributed by atoms with van der Waals surface area (Å²) in [5, 5.41) is 9.85. The summed E-state index contributed by atoms with van der Waals surface area (Å²) in [6.07, 6.45) is 10.2. The fourth-order valence-electron chi connectivity index (χ4n) is 3.26. The topological polar surface area (TPSA) is 20.2 Å². The van der Waals surface area contributed by atoms with Crippen molar-refractivity contribution in [2.24, 2.45) is 0 Å². The Morgan fingerprint density at radius 2 is 1.64 bits per heavy atom. The Balaban J connectivity index is 2.01. The molecule has 0 atom stereocenters. The minimum Gasteiger partial charge on any atom is -0.508 e. The van der Waals surface area contributed by atoms with Crippen LogP contribution in [0.4, 0.5) is 0 Å². The van der Waals surface area contributed by atoms with E-state index in [-0.39, 0.29) is 7.02 Å². The average molecular weight is 466 g/mol. The highest BCUT2D eigenvalue weighted by Crippen LogP contribution is 2.29. The van der Waals surface area contributed by atoms with E-state index in [1.807, 2.05) is 12.1 Å². The zero-order valence-corrected chi connectivity index (χ0v) is 19.0. The number of halogens is 1. The van der Waals surface area contributed by atoms with Gasteiger partial charge in [-0.1, -0.05) is 75.4 Å². The van der Waals surface area contributed by atoms with Gasteiger partial charge in [-0.3, -0.25) is 0 Å². The molecule has 1 nitrogen and oxygen atoms in total. The van der Waals surface area contributed by atoms with Gasteiger partial charge >= 0.3 is 0 Å². The molecule has 0 aliphatic carbocycles. The number of rotatable bonds is 11. The Morgan fingerprint density at radius 3 is 2.36 bits per heavy atom. The number of phenolic OH excluding ortho intramolecular Hbond substituents is 1. The van der Waals surface area contributed by atoms with Gasteiger partial charge in [0.05, 0.1) is 7.02 Å². The van der Waals surface area contributed by atoms with Gasteiger partial charge in [-0.25, -0.2) is 0 Å². The molecule has 3 heteroatoms. The van der Waals surface area contributed by atoms with E-state index in [9.17, 15) is 5.11 Å². The van der Waals surface area contributed by atoms with Gasteiger partial charge in [0.25, 0.3) is 0 Å². The summed E-state index contributed by atoms with van der Waals surface area (Å²) in [6, 6.07) is 16.3. The lowest BCUT2D eigenvalue weighted by molar-refractivity contribution is 0.474. The number of aryl methyl sites for hydroxylation is 2. The second-order valence-electron chi connectivity index (χ2n) is 6.85. The van der Waals surface area contributed by atoms with E-state index in [1.165, 1.54) is 73.2 Å². The second kappa shape index (κ2) is 11.7. The van der Waals surface area contributed by atoms with Crippen LogP contribution in [0.5, 0.6) is 5.75 Å². The average Bonchev–Trinajstić information content (AvgIpc) is 2.63. The van der Waals surface area contributed by atoms with E-state index in [4.69, 9.17) is 0 Å². The lowest BCUT2D eigenvalue weighted by Gasteiger charge is -2.11. The third-order valence-corrected chi connectivity index (χ3v) is 7.81. The maximum absolute atomic E-state index is 9.85. The summed E-state index contributed by atoms with van der Waals surface area (Å²) >= 11 is 2.57. The number of hydrogen-bond donors (Lipinski definition) is 1. The number of benzene rings is 2. The first-order valence-electron chi connectivity index (χ1n) is 9.71. The van der Waals surface area contributed by atoms with Crippen LogP contribution in [0.1, 0.15) is 56.6 Å². The van der Waals surface area contributed by atoms with Crippen LogP contribution in [-0.4, -0.2) is 12.1 Å². The lowest BCUT2D eigenvalue weighted by Crippen LogP contribution is -1.92. The Kier molecular flexibility index (Phi) is 9.62. The normalized spacial score (nSPS) is 11.4. The minimum absolute atomic E-state index is 0.101. The first-order valence-corrected chi connectivity index (χ1v) is 15.8. The molecule has 0 heterocycles. The number of phenols is 1. The van der Waals surface area contributed by atoms with Crippen LogP contribution in [0, 0.1) is 0 Å². The standard InChI is InChI=1S/C22H31IOSi/c1-2-3-4-5-6-8-18-10-12-19(13-11-18)22-15-14-21(24)17-20(22)9-7-16-25-23/h10-15,17,24H,2-9,16,25H2,1H3. The molecular formula is C22H31IOSi. The monoisotopic (exact) mass is 466 g/mol. The van der Waals surface area contributed by atoms with E-state index in [0.717, 1.165) is 6.42 Å². The summed E-state index contributed by atoms with van der Waals surface area (Å²) in [6.45, 7) is 2.26. The van der Waals surface area contributed by atoms with E-state index < -0.39 is 0 Å². The van der Waals surface area contributed by atoms with Crippen LogP contribution in [-0.2, 0) is 12.8 Å². The highest BCUT2D eigenvalue weighted by molar-refractivity contribution is 14.1. The third kappa shape index (κ3) is 7.14. The predicted molar refractivity (Wildman–Crippen MR) is 122 cm³/mol. The molecule has 0 spiro atoms. The predicted octanol–water partition coefficient (Wildman–Crippen LogP) is 6.44. The molecule has 0 amide bonds. The smallest absolute Gasteiger partial charge is 0.115 e. The molecule has 0 saturated heterocycles. The highest BCUT2D eigenvalue weighted by atomic mass is 127. The molecule has 1 N–H and O–H groups in total. The molecule has 136 valence electrons. The zero-order chi connectivity index (χ0) is 17.9. The quantitative estimate of drug-likeness (QED) is 0.175. The fourth-order valence-corrected chi connectivity index (χ4v) is 5.32. The van der Waals surface area contributed by atoms with Crippen LogP contribution in [0.25, 0.3) is 11.1 Å². The Hall–Kier alpha value is -0.813. The van der Waals surface area contributed by atoms with E-state index >= 15 is 0 Å². The number of unbranched alkanes of at least 4 members (excludes halogenated alkanes) is 4. The third-order valence-electron chi connectivity index (χ3n) is 4.75. The summed E-state index contributed by atoms with van der Waals surface area (Å²) in [4.78, 5) is 0. The lowest BCUT2D eigenvalue weighted by atomic mass is 9.95. The van der Waals surface area contributed by atoms with Crippen molar-refractivity contribution in [3.8, 4) is 16.9 Å². The Labute approximate surface area is 168 Å². The Morgan fingerprint density at radius 1 is 0.880 bits per heavy atom. The van der Waals surface area contributed by atoms with Gasteiger partial charge in [-0.05, 0) is 53.6 Å². The molecular weight excluding hydrogens is 435 g/mol. The van der Waals surface area contributed by atoms with Gasteiger partial charge in [-0.2, -0.15) is 0 Å². The van der Waals surface area contributed by atoms with E-state index in [1.54, 1.807) is 0 Å². The molecule has 0 saturated carbocycles. The highest BCUT2D eigenvalue weighted by Gasteiger charge is 2.07. The zero-order valence-electron chi connectivity index (χ0n) is 15.4. The van der Waals surface area contributed by atoms with Crippen LogP contribution < -0.4 is 0 Å². The van der Waals surface area contributed by atoms with Crippen molar-refractivity contribution in [3.05, 3.63) is 53.6 Å². The van der Waals surface area contributed by atoms with Gasteiger partial charge < -0.3 is 5.11 Å². The van der Waals surface area contributed by atoms with Crippen molar-refractivity contribution in [1.82, 2.24) is 0 Å². The molecule has 0 fully saturated rings. The van der Waals surface area contributed by atoms with Crippen molar-refractivity contribution < 1.29 is 5.11 Å². The van der Waals surface area contributed by atoms with Gasteiger partial charge in [0.1, 0.15) is 5.75 Å².